The largest absolute Gasteiger partial charge is 0.508 e. The van der Waals surface area contributed by atoms with E-state index in [1.165, 1.54) is 6.33 Å². The quantitative estimate of drug-likeness (QED) is 0.620. The van der Waals surface area contributed by atoms with E-state index >= 15 is 0 Å². The van der Waals surface area contributed by atoms with Crippen LogP contribution in [0.1, 0.15) is 5.56 Å². The van der Waals surface area contributed by atoms with Crippen molar-refractivity contribution >= 4 is 23.3 Å². The van der Waals surface area contributed by atoms with Crippen molar-refractivity contribution in [1.29, 1.82) is 0 Å². The Hall–Kier alpha value is -3.55. The molecule has 1 heterocycles. The molecule has 3 aromatic rings. The highest BCUT2D eigenvalue weighted by molar-refractivity contribution is 5.61. The van der Waals surface area contributed by atoms with Crippen LogP contribution in [0.15, 0.2) is 42.7 Å². The second kappa shape index (κ2) is 7.56. The smallest absolute Gasteiger partial charge is 0.232 e. The molecule has 0 saturated carbocycles. The average molecular weight is 353 g/mol. The molecule has 0 radical (unpaired) electrons. The predicted molar refractivity (Wildman–Crippen MR) is 98.8 cm³/mol. The van der Waals surface area contributed by atoms with E-state index in [0.29, 0.717) is 29.1 Å². The van der Waals surface area contributed by atoms with E-state index in [-0.39, 0.29) is 5.75 Å². The lowest BCUT2D eigenvalue weighted by atomic mass is 10.2. The summed E-state index contributed by atoms with van der Waals surface area (Å²) in [5.74, 6) is 2.15. The van der Waals surface area contributed by atoms with Gasteiger partial charge in [-0.25, -0.2) is 9.97 Å². The zero-order chi connectivity index (χ0) is 18.5. The molecule has 1 aromatic heterocycles. The Morgan fingerprint density at radius 3 is 2.08 bits per heavy atom. The number of phenols is 1. The summed E-state index contributed by atoms with van der Waals surface area (Å²) in [5, 5.41) is 15.9. The first-order chi connectivity index (χ1) is 12.6. The SMILES string of the molecule is COc1ccc(Nc2ncnc(Nc3ccc(C)c(O)c3)n2)cc1OC. The number of aryl methyl sites for hydroxylation is 1. The van der Waals surface area contributed by atoms with Gasteiger partial charge < -0.3 is 25.2 Å². The number of nitrogens with one attached hydrogen (secondary N) is 2. The Bertz CT molecular complexity index is 917. The molecule has 26 heavy (non-hydrogen) atoms. The van der Waals surface area contributed by atoms with Gasteiger partial charge in [-0.1, -0.05) is 6.07 Å². The van der Waals surface area contributed by atoms with Gasteiger partial charge in [0.1, 0.15) is 12.1 Å². The number of hydrogen-bond donors (Lipinski definition) is 3. The molecule has 134 valence electrons. The van der Waals surface area contributed by atoms with Crippen molar-refractivity contribution in [3.63, 3.8) is 0 Å². The predicted octanol–water partition coefficient (Wildman–Crippen LogP) is 3.39. The van der Waals surface area contributed by atoms with E-state index in [9.17, 15) is 5.11 Å². The van der Waals surface area contributed by atoms with E-state index in [0.717, 1.165) is 11.3 Å². The van der Waals surface area contributed by atoms with Gasteiger partial charge in [-0.15, -0.1) is 0 Å². The minimum atomic E-state index is 0.202. The fourth-order valence-corrected chi connectivity index (χ4v) is 2.28. The molecule has 3 N–H and O–H groups in total. The number of methoxy groups -OCH3 is 2. The summed E-state index contributed by atoms with van der Waals surface area (Å²) in [5.41, 5.74) is 2.21. The van der Waals surface area contributed by atoms with Crippen LogP contribution in [-0.4, -0.2) is 34.3 Å². The Labute approximate surface area is 150 Å². The molecule has 8 nitrogen and oxygen atoms in total. The molecule has 0 aliphatic heterocycles. The summed E-state index contributed by atoms with van der Waals surface area (Å²) >= 11 is 0. The first kappa shape index (κ1) is 17.3. The normalized spacial score (nSPS) is 10.3. The van der Waals surface area contributed by atoms with Crippen LogP contribution in [0.2, 0.25) is 0 Å². The number of aromatic nitrogens is 3. The summed E-state index contributed by atoms with van der Waals surface area (Å²) in [7, 11) is 3.15. The number of anilines is 4. The zero-order valence-corrected chi connectivity index (χ0v) is 14.6. The Balaban J connectivity index is 1.78. The van der Waals surface area contributed by atoms with Crippen LogP contribution >= 0.6 is 0 Å². The van der Waals surface area contributed by atoms with Gasteiger partial charge in [0.05, 0.1) is 14.2 Å². The van der Waals surface area contributed by atoms with Gasteiger partial charge in [0.2, 0.25) is 11.9 Å². The molecule has 0 spiro atoms. The molecular formula is C18H19N5O3. The summed E-state index contributed by atoms with van der Waals surface area (Å²) in [6.07, 6.45) is 1.40. The maximum atomic E-state index is 9.79. The molecule has 0 unspecified atom stereocenters. The van der Waals surface area contributed by atoms with Gasteiger partial charge in [-0.3, -0.25) is 0 Å². The van der Waals surface area contributed by atoms with Crippen molar-refractivity contribution in [2.45, 2.75) is 6.92 Å². The van der Waals surface area contributed by atoms with Crippen LogP contribution in [0.4, 0.5) is 23.3 Å². The number of aromatic hydroxyl groups is 1. The van der Waals surface area contributed by atoms with E-state index < -0.39 is 0 Å². The van der Waals surface area contributed by atoms with Crippen LogP contribution in [0.3, 0.4) is 0 Å². The van der Waals surface area contributed by atoms with Crippen LogP contribution in [0.25, 0.3) is 0 Å². The number of rotatable bonds is 6. The number of phenolic OH excluding ortho intramolecular Hbond substituents is 1. The fraction of sp³-hybridized carbons (Fsp3) is 0.167. The maximum Gasteiger partial charge on any atom is 0.232 e. The van der Waals surface area contributed by atoms with Gasteiger partial charge in [-0.05, 0) is 30.7 Å². The average Bonchev–Trinajstić information content (AvgIpc) is 2.65. The summed E-state index contributed by atoms with van der Waals surface area (Å²) < 4.78 is 10.5. The molecule has 8 heteroatoms. The summed E-state index contributed by atoms with van der Waals surface area (Å²) in [4.78, 5) is 12.5. The molecule has 0 amide bonds. The molecule has 2 aromatic carbocycles. The molecule has 0 bridgehead atoms. The monoisotopic (exact) mass is 353 g/mol. The third-order valence-corrected chi connectivity index (χ3v) is 3.68. The van der Waals surface area contributed by atoms with Crippen molar-refractivity contribution in [3.05, 3.63) is 48.3 Å². The number of ether oxygens (including phenoxy) is 2. The van der Waals surface area contributed by atoms with Crippen LogP contribution < -0.4 is 20.1 Å². The van der Waals surface area contributed by atoms with Crippen LogP contribution in [0.5, 0.6) is 17.2 Å². The highest BCUT2D eigenvalue weighted by atomic mass is 16.5. The first-order valence-electron chi connectivity index (χ1n) is 7.84. The second-order valence-corrected chi connectivity index (χ2v) is 5.45. The van der Waals surface area contributed by atoms with Gasteiger partial charge in [0, 0.05) is 23.5 Å². The Morgan fingerprint density at radius 2 is 1.46 bits per heavy atom. The van der Waals surface area contributed by atoms with Crippen LogP contribution in [-0.2, 0) is 0 Å². The highest BCUT2D eigenvalue weighted by Crippen LogP contribution is 2.30. The van der Waals surface area contributed by atoms with Gasteiger partial charge in [0.15, 0.2) is 11.5 Å². The van der Waals surface area contributed by atoms with E-state index in [2.05, 4.69) is 25.6 Å². The third-order valence-electron chi connectivity index (χ3n) is 3.68. The molecule has 0 aliphatic carbocycles. The van der Waals surface area contributed by atoms with Crippen molar-refractivity contribution in [1.82, 2.24) is 15.0 Å². The van der Waals surface area contributed by atoms with Gasteiger partial charge in [-0.2, -0.15) is 4.98 Å². The molecule has 3 rings (SSSR count). The standard InChI is InChI=1S/C18H19N5O3/c1-11-4-5-12(8-14(11)24)21-17-19-10-20-18(23-17)22-13-6-7-15(25-2)16(9-13)26-3/h4-10,24H,1-3H3,(H2,19,20,21,22,23). The molecular weight excluding hydrogens is 334 g/mol. The van der Waals surface area contributed by atoms with Gasteiger partial charge in [0.25, 0.3) is 0 Å². The fourth-order valence-electron chi connectivity index (χ4n) is 2.28. The number of nitrogens with zero attached hydrogens (tertiary/aromatic N) is 3. The number of hydrogen-bond acceptors (Lipinski definition) is 8. The Morgan fingerprint density at radius 1 is 0.846 bits per heavy atom. The number of benzene rings is 2. The lowest BCUT2D eigenvalue weighted by Crippen LogP contribution is -2.03. The van der Waals surface area contributed by atoms with E-state index in [1.54, 1.807) is 32.4 Å². The van der Waals surface area contributed by atoms with Crippen molar-refractivity contribution < 1.29 is 14.6 Å². The first-order valence-corrected chi connectivity index (χ1v) is 7.84. The van der Waals surface area contributed by atoms with Crippen molar-refractivity contribution in [3.8, 4) is 17.2 Å². The Kier molecular flexibility index (Phi) is 5.02. The van der Waals surface area contributed by atoms with Crippen molar-refractivity contribution in [2.75, 3.05) is 24.9 Å². The summed E-state index contributed by atoms with van der Waals surface area (Å²) in [6, 6.07) is 10.7. The minimum absolute atomic E-state index is 0.202. The van der Waals surface area contributed by atoms with Gasteiger partial charge >= 0.3 is 0 Å². The lowest BCUT2D eigenvalue weighted by molar-refractivity contribution is 0.355. The molecule has 0 saturated heterocycles. The minimum Gasteiger partial charge on any atom is -0.508 e. The maximum absolute atomic E-state index is 9.79. The van der Waals surface area contributed by atoms with Crippen LogP contribution in [0, 0.1) is 6.92 Å². The summed E-state index contributed by atoms with van der Waals surface area (Å²) in [6.45, 7) is 1.83. The second-order valence-electron chi connectivity index (χ2n) is 5.45. The topological polar surface area (TPSA) is 101 Å². The lowest BCUT2D eigenvalue weighted by Gasteiger charge is -2.11. The van der Waals surface area contributed by atoms with E-state index in [4.69, 9.17) is 9.47 Å². The zero-order valence-electron chi connectivity index (χ0n) is 14.6. The molecule has 0 atom stereocenters. The molecule has 0 fully saturated rings. The molecule has 0 aliphatic rings. The highest BCUT2D eigenvalue weighted by Gasteiger charge is 2.07. The third kappa shape index (κ3) is 3.92. The van der Waals surface area contributed by atoms with E-state index in [1.807, 2.05) is 25.1 Å². The van der Waals surface area contributed by atoms with Crippen molar-refractivity contribution in [2.24, 2.45) is 0 Å².